The van der Waals surface area contributed by atoms with Crippen molar-refractivity contribution in [1.29, 1.82) is 0 Å². The number of phenolic OH excluding ortho intramolecular Hbond substituents is 1. The quantitative estimate of drug-likeness (QED) is 0.894. The molecule has 104 valence electrons. The minimum Gasteiger partial charge on any atom is -0.508 e. The number of nitrogens with zero attached hydrogens (tertiary/aromatic N) is 1. The zero-order chi connectivity index (χ0) is 13.2. The van der Waals surface area contributed by atoms with Gasteiger partial charge < -0.3 is 15.3 Å². The zero-order valence-electron chi connectivity index (χ0n) is 11.1. The van der Waals surface area contributed by atoms with Gasteiger partial charge in [-0.3, -0.25) is 0 Å². The zero-order valence-corrected chi connectivity index (χ0v) is 12.7. The number of rotatable bonds is 4. The molecule has 2 N–H and O–H groups in total. The van der Waals surface area contributed by atoms with Crippen LogP contribution < -0.4 is 5.32 Å². The molecule has 0 unspecified atom stereocenters. The predicted octanol–water partition coefficient (Wildman–Crippen LogP) is 2.87. The summed E-state index contributed by atoms with van der Waals surface area (Å²) in [5.41, 5.74) is 1.13. The number of hydrogen-bond donors (Lipinski definition) is 2. The van der Waals surface area contributed by atoms with Gasteiger partial charge in [0, 0.05) is 23.1 Å². The Morgan fingerprint density at radius 2 is 1.95 bits per heavy atom. The average Bonchev–Trinajstić information content (AvgIpc) is 3.25. The molecule has 2 aliphatic rings. The second kappa shape index (κ2) is 5.81. The molecule has 0 amide bonds. The van der Waals surface area contributed by atoms with E-state index in [0.717, 1.165) is 22.6 Å². The van der Waals surface area contributed by atoms with Crippen molar-refractivity contribution in [2.45, 2.75) is 44.3 Å². The lowest BCUT2D eigenvalue weighted by Gasteiger charge is -2.32. The van der Waals surface area contributed by atoms with E-state index < -0.39 is 0 Å². The topological polar surface area (TPSA) is 35.5 Å². The second-order valence-corrected chi connectivity index (χ2v) is 6.55. The van der Waals surface area contributed by atoms with Crippen LogP contribution in [0.4, 0.5) is 0 Å². The van der Waals surface area contributed by atoms with Crippen molar-refractivity contribution in [3.8, 4) is 5.75 Å². The van der Waals surface area contributed by atoms with Crippen LogP contribution in [0.2, 0.25) is 0 Å². The lowest BCUT2D eigenvalue weighted by molar-refractivity contribution is 0.189. The summed E-state index contributed by atoms with van der Waals surface area (Å²) in [6.07, 6.45) is 5.31. The van der Waals surface area contributed by atoms with Crippen LogP contribution in [-0.2, 0) is 6.54 Å². The first-order valence-corrected chi connectivity index (χ1v) is 7.96. The van der Waals surface area contributed by atoms with Crippen molar-refractivity contribution < 1.29 is 5.11 Å². The van der Waals surface area contributed by atoms with E-state index in [1.807, 2.05) is 12.1 Å². The van der Waals surface area contributed by atoms with Crippen molar-refractivity contribution in [1.82, 2.24) is 10.2 Å². The third-order valence-electron chi connectivity index (χ3n) is 4.20. The van der Waals surface area contributed by atoms with E-state index in [2.05, 4.69) is 26.1 Å². The molecule has 0 aromatic heterocycles. The fraction of sp³-hybridized carbons (Fsp3) is 0.600. The molecule has 2 fully saturated rings. The molecular formula is C15H21BrN2O. The van der Waals surface area contributed by atoms with Crippen molar-refractivity contribution in [2.75, 3.05) is 13.1 Å². The van der Waals surface area contributed by atoms with E-state index in [1.54, 1.807) is 6.07 Å². The number of benzene rings is 1. The van der Waals surface area contributed by atoms with E-state index >= 15 is 0 Å². The Bertz CT molecular complexity index is 440. The summed E-state index contributed by atoms with van der Waals surface area (Å²) in [5.74, 6) is 0.337. The number of nitrogens with one attached hydrogen (secondary N) is 1. The molecule has 3 nitrogen and oxygen atoms in total. The molecule has 1 aliphatic heterocycles. The van der Waals surface area contributed by atoms with E-state index in [9.17, 15) is 5.11 Å². The van der Waals surface area contributed by atoms with Crippen LogP contribution in [-0.4, -0.2) is 35.2 Å². The summed E-state index contributed by atoms with van der Waals surface area (Å²) in [6, 6.07) is 6.96. The highest BCUT2D eigenvalue weighted by Crippen LogP contribution is 2.29. The predicted molar refractivity (Wildman–Crippen MR) is 80.3 cm³/mol. The maximum absolute atomic E-state index is 9.52. The van der Waals surface area contributed by atoms with Gasteiger partial charge in [-0.15, -0.1) is 0 Å². The summed E-state index contributed by atoms with van der Waals surface area (Å²) >= 11 is 3.53. The van der Waals surface area contributed by atoms with Gasteiger partial charge in [-0.05, 0) is 62.5 Å². The molecule has 1 aromatic carbocycles. The molecule has 1 saturated heterocycles. The number of likely N-dealkylation sites (tertiary alicyclic amines) is 1. The molecule has 4 heteroatoms. The van der Waals surface area contributed by atoms with Gasteiger partial charge in [0.15, 0.2) is 0 Å². The first-order valence-electron chi connectivity index (χ1n) is 7.17. The molecule has 1 heterocycles. The minimum atomic E-state index is 0.337. The summed E-state index contributed by atoms with van der Waals surface area (Å²) in [4.78, 5) is 2.64. The first-order chi connectivity index (χ1) is 9.22. The van der Waals surface area contributed by atoms with Gasteiger partial charge in [0.1, 0.15) is 5.75 Å². The Morgan fingerprint density at radius 1 is 1.21 bits per heavy atom. The Balaban J connectivity index is 1.48. The fourth-order valence-electron chi connectivity index (χ4n) is 2.86. The SMILES string of the molecule is Oc1ccc(Br)c(CNC2CCN(C3CC3)CC2)c1. The van der Waals surface area contributed by atoms with Gasteiger partial charge in [0.25, 0.3) is 0 Å². The fourth-order valence-corrected chi connectivity index (χ4v) is 3.25. The van der Waals surface area contributed by atoms with Crippen LogP contribution in [0, 0.1) is 0 Å². The molecule has 1 saturated carbocycles. The molecule has 0 atom stereocenters. The number of piperidine rings is 1. The maximum atomic E-state index is 9.52. The van der Waals surface area contributed by atoms with Gasteiger partial charge in [0.05, 0.1) is 0 Å². The van der Waals surface area contributed by atoms with E-state index in [-0.39, 0.29) is 0 Å². The molecule has 1 aliphatic carbocycles. The van der Waals surface area contributed by atoms with Crippen molar-refractivity contribution in [3.63, 3.8) is 0 Å². The molecule has 19 heavy (non-hydrogen) atoms. The van der Waals surface area contributed by atoms with Gasteiger partial charge >= 0.3 is 0 Å². The Morgan fingerprint density at radius 3 is 2.63 bits per heavy atom. The van der Waals surface area contributed by atoms with Gasteiger partial charge in [0.2, 0.25) is 0 Å². The van der Waals surface area contributed by atoms with Crippen molar-refractivity contribution >= 4 is 15.9 Å². The first kappa shape index (κ1) is 13.4. The van der Waals surface area contributed by atoms with E-state index in [1.165, 1.54) is 38.8 Å². The number of aromatic hydroxyl groups is 1. The largest absolute Gasteiger partial charge is 0.508 e. The Labute approximate surface area is 123 Å². The van der Waals surface area contributed by atoms with Gasteiger partial charge in [-0.1, -0.05) is 15.9 Å². The summed E-state index contributed by atoms with van der Waals surface area (Å²) in [5, 5.41) is 13.1. The maximum Gasteiger partial charge on any atom is 0.115 e. The van der Waals surface area contributed by atoms with E-state index in [4.69, 9.17) is 0 Å². The number of hydrogen-bond acceptors (Lipinski definition) is 3. The van der Waals surface area contributed by atoms with Crippen LogP contribution in [0.25, 0.3) is 0 Å². The van der Waals surface area contributed by atoms with Crippen LogP contribution in [0.15, 0.2) is 22.7 Å². The minimum absolute atomic E-state index is 0.337. The lowest BCUT2D eigenvalue weighted by Crippen LogP contribution is -2.43. The summed E-state index contributed by atoms with van der Waals surface area (Å²) < 4.78 is 1.06. The highest BCUT2D eigenvalue weighted by atomic mass is 79.9. The van der Waals surface area contributed by atoms with Gasteiger partial charge in [-0.2, -0.15) is 0 Å². The Hall–Kier alpha value is -0.580. The third-order valence-corrected chi connectivity index (χ3v) is 4.98. The molecule has 0 bridgehead atoms. The van der Waals surface area contributed by atoms with Crippen molar-refractivity contribution in [3.05, 3.63) is 28.2 Å². The van der Waals surface area contributed by atoms with Crippen molar-refractivity contribution in [2.24, 2.45) is 0 Å². The van der Waals surface area contributed by atoms with Gasteiger partial charge in [-0.25, -0.2) is 0 Å². The second-order valence-electron chi connectivity index (χ2n) is 5.70. The molecule has 1 aromatic rings. The van der Waals surface area contributed by atoms with Crippen LogP contribution in [0.5, 0.6) is 5.75 Å². The molecule has 3 rings (SSSR count). The monoisotopic (exact) mass is 324 g/mol. The Kier molecular flexibility index (Phi) is 4.10. The molecule has 0 spiro atoms. The third kappa shape index (κ3) is 3.50. The molecule has 0 radical (unpaired) electrons. The highest BCUT2D eigenvalue weighted by Gasteiger charge is 2.31. The van der Waals surface area contributed by atoms with Crippen LogP contribution >= 0.6 is 15.9 Å². The summed E-state index contributed by atoms with van der Waals surface area (Å²) in [6.45, 7) is 3.30. The number of phenols is 1. The highest BCUT2D eigenvalue weighted by molar-refractivity contribution is 9.10. The van der Waals surface area contributed by atoms with Crippen LogP contribution in [0.3, 0.4) is 0 Å². The normalized spacial score (nSPS) is 21.7. The van der Waals surface area contributed by atoms with Crippen LogP contribution in [0.1, 0.15) is 31.2 Å². The number of halogens is 1. The van der Waals surface area contributed by atoms with E-state index in [0.29, 0.717) is 11.8 Å². The average molecular weight is 325 g/mol. The molecular weight excluding hydrogens is 304 g/mol. The lowest BCUT2D eigenvalue weighted by atomic mass is 10.0. The smallest absolute Gasteiger partial charge is 0.115 e. The summed E-state index contributed by atoms with van der Waals surface area (Å²) in [7, 11) is 0. The standard InChI is InChI=1S/C15H21BrN2O/c16-15-4-3-14(19)9-11(15)10-17-12-5-7-18(8-6-12)13-1-2-13/h3-4,9,12-13,17,19H,1-2,5-8,10H2.